The minimum atomic E-state index is -1.01. The number of nitrogens with zero attached hydrogens (tertiary/aromatic N) is 4. The number of amides is 4. The van der Waals surface area contributed by atoms with E-state index in [1.165, 1.54) is 49.6 Å². The minimum absolute atomic E-state index is 0.0279. The predicted octanol–water partition coefficient (Wildman–Crippen LogP) is 4.26. The first-order valence-corrected chi connectivity index (χ1v) is 14.8. The molecule has 4 aliphatic rings. The van der Waals surface area contributed by atoms with Crippen molar-refractivity contribution in [2.75, 3.05) is 16.9 Å². The third-order valence-electron chi connectivity index (χ3n) is 9.82. The molecular formula is C33H26N4O10. The van der Waals surface area contributed by atoms with Crippen LogP contribution in [0.3, 0.4) is 0 Å². The molecule has 0 radical (unpaired) electrons. The van der Waals surface area contributed by atoms with Gasteiger partial charge in [0.1, 0.15) is 11.5 Å². The number of hydrogen-bond donors (Lipinski definition) is 1. The van der Waals surface area contributed by atoms with E-state index in [1.807, 2.05) is 0 Å². The Balaban J connectivity index is 1.34. The molecule has 0 aromatic heterocycles. The van der Waals surface area contributed by atoms with Crippen LogP contribution in [-0.4, -0.2) is 45.7 Å². The number of carbonyl (C=O) groups excluding carboxylic acids is 4. The van der Waals surface area contributed by atoms with Crippen molar-refractivity contribution in [3.05, 3.63) is 104 Å². The van der Waals surface area contributed by atoms with E-state index >= 15 is 0 Å². The lowest BCUT2D eigenvalue weighted by Crippen LogP contribution is -2.43. The van der Waals surface area contributed by atoms with Crippen molar-refractivity contribution < 1.29 is 38.9 Å². The van der Waals surface area contributed by atoms with E-state index < -0.39 is 69.0 Å². The van der Waals surface area contributed by atoms with Crippen molar-refractivity contribution in [2.24, 2.45) is 29.6 Å². The molecule has 3 aromatic carbocycles. The standard InChI is InChI=1S/C33H26N4O10/c1-47-20-8-9-22(26(38)14-20)27-21-10-11-23-28(32(41)34(30(23)39)16-4-2-6-18(12-16)36(43)44)24(21)15-25-29(27)33(42)35(31(25)40)17-5-3-7-19(13-17)37(45)46/h2-10,12-14,23-25,27-29,38H,11,15H2,1H3. The van der Waals surface area contributed by atoms with Gasteiger partial charge in [-0.3, -0.25) is 39.4 Å². The van der Waals surface area contributed by atoms with Crippen LogP contribution in [0.1, 0.15) is 24.3 Å². The molecule has 3 aromatic rings. The van der Waals surface area contributed by atoms with Gasteiger partial charge in [0.15, 0.2) is 0 Å². The molecule has 7 rings (SSSR count). The first-order chi connectivity index (χ1) is 22.5. The Morgan fingerprint density at radius 3 is 1.87 bits per heavy atom. The van der Waals surface area contributed by atoms with Gasteiger partial charge in [0, 0.05) is 41.8 Å². The number of fused-ring (bicyclic) bond motifs is 4. The predicted molar refractivity (Wildman–Crippen MR) is 163 cm³/mol. The molecule has 2 heterocycles. The summed E-state index contributed by atoms with van der Waals surface area (Å²) >= 11 is 0. The molecule has 2 aliphatic carbocycles. The van der Waals surface area contributed by atoms with Crippen LogP contribution in [0.5, 0.6) is 11.5 Å². The Morgan fingerprint density at radius 2 is 1.32 bits per heavy atom. The molecule has 14 heteroatoms. The quantitative estimate of drug-likeness (QED) is 0.177. The minimum Gasteiger partial charge on any atom is -0.508 e. The molecule has 14 nitrogen and oxygen atoms in total. The Labute approximate surface area is 266 Å². The Hall–Kier alpha value is -5.92. The second kappa shape index (κ2) is 10.9. The number of ether oxygens (including phenoxy) is 1. The van der Waals surface area contributed by atoms with Crippen LogP contribution in [0.4, 0.5) is 22.7 Å². The van der Waals surface area contributed by atoms with Crippen LogP contribution in [0.25, 0.3) is 0 Å². The third kappa shape index (κ3) is 4.47. The van der Waals surface area contributed by atoms with E-state index in [-0.39, 0.29) is 41.3 Å². The number of rotatable bonds is 6. The molecule has 0 spiro atoms. The van der Waals surface area contributed by atoms with Gasteiger partial charge < -0.3 is 9.84 Å². The number of non-ortho nitro benzene ring substituents is 2. The lowest BCUT2D eigenvalue weighted by molar-refractivity contribution is -0.385. The Kier molecular flexibility index (Phi) is 6.88. The highest BCUT2D eigenvalue weighted by Crippen LogP contribution is 2.59. The van der Waals surface area contributed by atoms with E-state index in [9.17, 15) is 44.5 Å². The van der Waals surface area contributed by atoms with E-state index in [4.69, 9.17) is 4.74 Å². The number of benzene rings is 3. The maximum Gasteiger partial charge on any atom is 0.271 e. The maximum absolute atomic E-state index is 14.2. The van der Waals surface area contributed by atoms with Crippen LogP contribution < -0.4 is 14.5 Å². The summed E-state index contributed by atoms with van der Waals surface area (Å²) in [6, 6.07) is 15.0. The fraction of sp³-hybridized carbons (Fsp3) is 0.273. The monoisotopic (exact) mass is 638 g/mol. The highest BCUT2D eigenvalue weighted by Gasteiger charge is 2.62. The summed E-state index contributed by atoms with van der Waals surface area (Å²) in [5, 5.41) is 34.1. The first kappa shape index (κ1) is 29.8. The van der Waals surface area contributed by atoms with Gasteiger partial charge in [0.05, 0.1) is 52.0 Å². The second-order valence-corrected chi connectivity index (χ2v) is 12.0. The molecule has 2 saturated heterocycles. The molecule has 0 bridgehead atoms. The van der Waals surface area contributed by atoms with Gasteiger partial charge >= 0.3 is 0 Å². The van der Waals surface area contributed by atoms with Gasteiger partial charge in [-0.2, -0.15) is 0 Å². The molecule has 2 aliphatic heterocycles. The number of imide groups is 2. The zero-order valence-corrected chi connectivity index (χ0v) is 24.7. The van der Waals surface area contributed by atoms with Gasteiger partial charge in [0.25, 0.3) is 11.4 Å². The normalized spacial score (nSPS) is 26.4. The molecular weight excluding hydrogens is 612 g/mol. The largest absolute Gasteiger partial charge is 0.508 e. The van der Waals surface area contributed by atoms with E-state index in [0.717, 1.165) is 21.9 Å². The van der Waals surface area contributed by atoms with Crippen LogP contribution >= 0.6 is 0 Å². The van der Waals surface area contributed by atoms with Gasteiger partial charge in [-0.15, -0.1) is 0 Å². The molecule has 6 unspecified atom stereocenters. The maximum atomic E-state index is 14.2. The molecule has 4 amide bonds. The number of carbonyl (C=O) groups is 4. The van der Waals surface area contributed by atoms with Crippen molar-refractivity contribution >= 4 is 46.4 Å². The number of methoxy groups -OCH3 is 1. The molecule has 1 N–H and O–H groups in total. The van der Waals surface area contributed by atoms with Crippen molar-refractivity contribution in [1.29, 1.82) is 0 Å². The number of allylic oxidation sites excluding steroid dienone is 2. The number of nitro benzene ring substituents is 2. The molecule has 238 valence electrons. The number of nitro groups is 2. The number of phenols is 1. The summed E-state index contributed by atoms with van der Waals surface area (Å²) < 4.78 is 5.25. The van der Waals surface area contributed by atoms with Crippen LogP contribution in [0, 0.1) is 49.8 Å². The molecule has 1 saturated carbocycles. The third-order valence-corrected chi connectivity index (χ3v) is 9.82. The first-order valence-electron chi connectivity index (χ1n) is 14.8. The van der Waals surface area contributed by atoms with Crippen molar-refractivity contribution in [2.45, 2.75) is 18.8 Å². The van der Waals surface area contributed by atoms with E-state index in [2.05, 4.69) is 0 Å². The van der Waals surface area contributed by atoms with Crippen molar-refractivity contribution in [3.63, 3.8) is 0 Å². The Morgan fingerprint density at radius 1 is 0.745 bits per heavy atom. The molecule has 3 fully saturated rings. The van der Waals surface area contributed by atoms with Crippen LogP contribution in [-0.2, 0) is 19.2 Å². The highest BCUT2D eigenvalue weighted by atomic mass is 16.6. The zero-order chi connectivity index (χ0) is 33.3. The number of phenolic OH excluding ortho intramolecular Hbond substituents is 1. The average molecular weight is 639 g/mol. The van der Waals surface area contributed by atoms with Gasteiger partial charge in [0.2, 0.25) is 23.6 Å². The van der Waals surface area contributed by atoms with Crippen LogP contribution in [0.15, 0.2) is 78.4 Å². The van der Waals surface area contributed by atoms with Gasteiger partial charge in [-0.1, -0.05) is 29.8 Å². The van der Waals surface area contributed by atoms with E-state index in [1.54, 1.807) is 18.2 Å². The fourth-order valence-electron chi connectivity index (χ4n) is 7.85. The second-order valence-electron chi connectivity index (χ2n) is 12.0. The summed E-state index contributed by atoms with van der Waals surface area (Å²) in [6.45, 7) is 0. The number of anilines is 2. The fourth-order valence-corrected chi connectivity index (χ4v) is 7.85. The van der Waals surface area contributed by atoms with Gasteiger partial charge in [-0.25, -0.2) is 9.80 Å². The lowest BCUT2D eigenvalue weighted by Gasteiger charge is -2.44. The smallest absolute Gasteiger partial charge is 0.271 e. The summed E-state index contributed by atoms with van der Waals surface area (Å²) in [4.78, 5) is 79.7. The summed E-state index contributed by atoms with van der Waals surface area (Å²) in [5.41, 5.74) is 0.440. The molecule has 47 heavy (non-hydrogen) atoms. The average Bonchev–Trinajstić information content (AvgIpc) is 3.47. The number of hydrogen-bond acceptors (Lipinski definition) is 10. The topological polar surface area (TPSA) is 190 Å². The summed E-state index contributed by atoms with van der Waals surface area (Å²) in [7, 11) is 1.43. The summed E-state index contributed by atoms with van der Waals surface area (Å²) in [5.74, 6) is -7.44. The van der Waals surface area contributed by atoms with Crippen molar-refractivity contribution in [1.82, 2.24) is 0 Å². The highest BCUT2D eigenvalue weighted by molar-refractivity contribution is 6.24. The van der Waals surface area contributed by atoms with Gasteiger partial charge in [-0.05, 0) is 37.0 Å². The zero-order valence-electron chi connectivity index (χ0n) is 24.7. The van der Waals surface area contributed by atoms with Crippen molar-refractivity contribution in [3.8, 4) is 11.5 Å². The SMILES string of the molecule is COc1ccc(C2C3=CCC4C(=O)N(c5cccc([N+](=O)[O-])c5)C(=O)C4C3CC3C(=O)N(c4cccc([N+](=O)[O-])c4)C(=O)C32)c(O)c1. The number of aromatic hydroxyl groups is 1. The molecule has 6 atom stereocenters. The summed E-state index contributed by atoms with van der Waals surface area (Å²) in [6.07, 6.45) is 1.96. The lowest BCUT2D eigenvalue weighted by atomic mass is 9.57. The Bertz CT molecular complexity index is 1960. The van der Waals surface area contributed by atoms with E-state index in [0.29, 0.717) is 16.9 Å². The van der Waals surface area contributed by atoms with Crippen LogP contribution in [0.2, 0.25) is 0 Å².